The third kappa shape index (κ3) is 1.74. The molecule has 3 rings (SSSR count). The second-order valence-electron chi connectivity index (χ2n) is 4.97. The molecular weight excluding hydrogens is 234 g/mol. The maximum absolute atomic E-state index is 12.6. The summed E-state index contributed by atoms with van der Waals surface area (Å²) in [5.41, 5.74) is 0.578. The van der Waals surface area contributed by atoms with Crippen molar-refractivity contribution < 1.29 is 18.7 Å². The molecule has 18 heavy (non-hydrogen) atoms. The normalized spacial score (nSPS) is 27.9. The van der Waals surface area contributed by atoms with Crippen LogP contribution in [0.25, 0.3) is 0 Å². The molecule has 2 aliphatic heterocycles. The van der Waals surface area contributed by atoms with Crippen molar-refractivity contribution in [2.45, 2.75) is 18.9 Å². The molecule has 0 radical (unpaired) electrons. The zero-order valence-electron chi connectivity index (χ0n) is 10.5. The first-order valence-corrected chi connectivity index (χ1v) is 6.24. The molecular formula is C13H17NO4. The lowest BCUT2D eigenvalue weighted by Crippen LogP contribution is -2.59. The third-order valence-corrected chi connectivity index (χ3v) is 3.79. The highest BCUT2D eigenvalue weighted by Gasteiger charge is 2.46. The molecule has 0 saturated carbocycles. The summed E-state index contributed by atoms with van der Waals surface area (Å²) >= 11 is 0. The molecule has 98 valence electrons. The predicted octanol–water partition coefficient (Wildman–Crippen LogP) is 1.22. The number of morpholine rings is 1. The van der Waals surface area contributed by atoms with E-state index < -0.39 is 0 Å². The Balaban J connectivity index is 1.89. The molecule has 1 spiro atoms. The Hall–Kier alpha value is -1.33. The molecule has 5 nitrogen and oxygen atoms in total. The molecule has 1 amide bonds. The standard InChI is InChI=1S/C13H17NO4/c1-10-2-5-18-11(10)12(15)14-4-7-17-9-13(14)3-6-16-8-13/h2,5H,3-4,6-9H2,1H3/t13-/m0/s1. The number of hydrogen-bond donors (Lipinski definition) is 0. The number of carbonyl (C=O) groups excluding carboxylic acids is 1. The van der Waals surface area contributed by atoms with Gasteiger partial charge in [0.2, 0.25) is 0 Å². The number of carbonyl (C=O) groups is 1. The number of aryl methyl sites for hydroxylation is 1. The lowest BCUT2D eigenvalue weighted by atomic mass is 9.95. The fourth-order valence-electron chi connectivity index (χ4n) is 2.69. The van der Waals surface area contributed by atoms with Gasteiger partial charge in [-0.25, -0.2) is 0 Å². The largest absolute Gasteiger partial charge is 0.459 e. The van der Waals surface area contributed by atoms with Gasteiger partial charge in [-0.1, -0.05) is 0 Å². The first kappa shape index (κ1) is 11.7. The highest BCUT2D eigenvalue weighted by molar-refractivity contribution is 5.93. The molecule has 0 aliphatic carbocycles. The molecule has 3 heterocycles. The molecule has 1 atom stereocenters. The summed E-state index contributed by atoms with van der Waals surface area (Å²) in [4.78, 5) is 14.4. The van der Waals surface area contributed by atoms with Gasteiger partial charge in [-0.15, -0.1) is 0 Å². The Kier molecular flexibility index (Phi) is 2.87. The molecule has 0 N–H and O–H groups in total. The van der Waals surface area contributed by atoms with Gasteiger partial charge < -0.3 is 18.8 Å². The van der Waals surface area contributed by atoms with Crippen LogP contribution in [0.1, 0.15) is 22.5 Å². The molecule has 5 heteroatoms. The van der Waals surface area contributed by atoms with Gasteiger partial charge >= 0.3 is 0 Å². The Labute approximate surface area is 106 Å². The van der Waals surface area contributed by atoms with Crippen LogP contribution < -0.4 is 0 Å². The number of nitrogens with zero attached hydrogens (tertiary/aromatic N) is 1. The fraction of sp³-hybridized carbons (Fsp3) is 0.615. The van der Waals surface area contributed by atoms with Crippen molar-refractivity contribution >= 4 is 5.91 Å². The number of rotatable bonds is 1. The molecule has 2 aliphatic rings. The van der Waals surface area contributed by atoms with E-state index in [0.29, 0.717) is 38.7 Å². The molecule has 0 unspecified atom stereocenters. The van der Waals surface area contributed by atoms with Crippen molar-refractivity contribution in [1.29, 1.82) is 0 Å². The first-order valence-electron chi connectivity index (χ1n) is 6.24. The summed E-state index contributed by atoms with van der Waals surface area (Å²) in [5, 5.41) is 0. The van der Waals surface area contributed by atoms with Crippen LogP contribution in [0, 0.1) is 6.92 Å². The second-order valence-corrected chi connectivity index (χ2v) is 4.97. The number of hydrogen-bond acceptors (Lipinski definition) is 4. The molecule has 2 fully saturated rings. The van der Waals surface area contributed by atoms with Crippen LogP contribution in [0.3, 0.4) is 0 Å². The van der Waals surface area contributed by atoms with Crippen LogP contribution in [0.5, 0.6) is 0 Å². The maximum Gasteiger partial charge on any atom is 0.290 e. The van der Waals surface area contributed by atoms with Crippen LogP contribution >= 0.6 is 0 Å². The van der Waals surface area contributed by atoms with Crippen molar-refractivity contribution in [3.8, 4) is 0 Å². The SMILES string of the molecule is Cc1ccoc1C(=O)N1CCOC[C@@]12CCOC2. The topological polar surface area (TPSA) is 51.9 Å². The van der Waals surface area contributed by atoms with Gasteiger partial charge in [0.1, 0.15) is 0 Å². The van der Waals surface area contributed by atoms with Gasteiger partial charge in [-0.05, 0) is 19.4 Å². The number of ether oxygens (including phenoxy) is 2. The zero-order valence-corrected chi connectivity index (χ0v) is 10.5. The second kappa shape index (κ2) is 4.40. The predicted molar refractivity (Wildman–Crippen MR) is 63.5 cm³/mol. The smallest absolute Gasteiger partial charge is 0.290 e. The van der Waals surface area contributed by atoms with E-state index in [1.54, 1.807) is 6.26 Å². The van der Waals surface area contributed by atoms with E-state index >= 15 is 0 Å². The summed E-state index contributed by atoms with van der Waals surface area (Å²) in [7, 11) is 0. The zero-order chi connectivity index (χ0) is 12.6. The summed E-state index contributed by atoms with van der Waals surface area (Å²) in [5.74, 6) is 0.384. The highest BCUT2D eigenvalue weighted by atomic mass is 16.5. The van der Waals surface area contributed by atoms with Crippen LogP contribution in [0.4, 0.5) is 0 Å². The van der Waals surface area contributed by atoms with E-state index in [9.17, 15) is 4.79 Å². The number of amides is 1. The average molecular weight is 251 g/mol. The summed E-state index contributed by atoms with van der Waals surface area (Å²) in [6.07, 6.45) is 2.39. The molecule has 0 aromatic carbocycles. The number of furan rings is 1. The molecule has 1 aromatic rings. The molecule has 1 aromatic heterocycles. The molecule has 2 saturated heterocycles. The minimum atomic E-state index is -0.297. The van der Waals surface area contributed by atoms with Crippen molar-refractivity contribution in [2.24, 2.45) is 0 Å². The first-order chi connectivity index (χ1) is 8.73. The van der Waals surface area contributed by atoms with Gasteiger partial charge in [0.05, 0.1) is 31.6 Å². The van der Waals surface area contributed by atoms with Gasteiger partial charge in [0, 0.05) is 18.7 Å². The Morgan fingerprint density at radius 2 is 2.11 bits per heavy atom. The average Bonchev–Trinajstić information content (AvgIpc) is 2.99. The maximum atomic E-state index is 12.6. The van der Waals surface area contributed by atoms with Gasteiger partial charge in [-0.3, -0.25) is 4.79 Å². The van der Waals surface area contributed by atoms with Crippen molar-refractivity contribution in [1.82, 2.24) is 4.90 Å². The van der Waals surface area contributed by atoms with Crippen LogP contribution in [0.2, 0.25) is 0 Å². The Morgan fingerprint density at radius 1 is 1.33 bits per heavy atom. The fourth-order valence-corrected chi connectivity index (χ4v) is 2.69. The highest BCUT2D eigenvalue weighted by Crippen LogP contribution is 2.31. The van der Waals surface area contributed by atoms with E-state index in [4.69, 9.17) is 13.9 Å². The van der Waals surface area contributed by atoms with Crippen molar-refractivity contribution in [2.75, 3.05) is 33.0 Å². The van der Waals surface area contributed by atoms with E-state index in [2.05, 4.69) is 0 Å². The van der Waals surface area contributed by atoms with Crippen LogP contribution in [-0.4, -0.2) is 49.3 Å². The monoisotopic (exact) mass is 251 g/mol. The van der Waals surface area contributed by atoms with E-state index in [0.717, 1.165) is 12.0 Å². The minimum absolute atomic E-state index is 0.0497. The summed E-state index contributed by atoms with van der Waals surface area (Å²) in [6.45, 7) is 4.85. The van der Waals surface area contributed by atoms with E-state index in [-0.39, 0.29) is 11.4 Å². The van der Waals surface area contributed by atoms with Gasteiger partial charge in [0.15, 0.2) is 5.76 Å². The molecule has 0 bridgehead atoms. The summed E-state index contributed by atoms with van der Waals surface area (Å²) < 4.78 is 16.3. The van der Waals surface area contributed by atoms with E-state index in [1.807, 2.05) is 17.9 Å². The Morgan fingerprint density at radius 3 is 2.78 bits per heavy atom. The minimum Gasteiger partial charge on any atom is -0.459 e. The Bertz CT molecular complexity index is 448. The van der Waals surface area contributed by atoms with E-state index in [1.165, 1.54) is 0 Å². The quantitative estimate of drug-likeness (QED) is 0.753. The van der Waals surface area contributed by atoms with Gasteiger partial charge in [-0.2, -0.15) is 0 Å². The lowest BCUT2D eigenvalue weighted by Gasteiger charge is -2.43. The van der Waals surface area contributed by atoms with Gasteiger partial charge in [0.25, 0.3) is 5.91 Å². The lowest BCUT2D eigenvalue weighted by molar-refractivity contribution is -0.0561. The summed E-state index contributed by atoms with van der Waals surface area (Å²) in [6, 6.07) is 1.81. The third-order valence-electron chi connectivity index (χ3n) is 3.79. The van der Waals surface area contributed by atoms with Crippen LogP contribution in [-0.2, 0) is 9.47 Å². The van der Waals surface area contributed by atoms with Crippen molar-refractivity contribution in [3.05, 3.63) is 23.7 Å². The van der Waals surface area contributed by atoms with Crippen LogP contribution in [0.15, 0.2) is 16.7 Å². The van der Waals surface area contributed by atoms with Crippen molar-refractivity contribution in [3.63, 3.8) is 0 Å².